The van der Waals surface area contributed by atoms with Crippen LogP contribution in [0, 0.1) is 0 Å². The second kappa shape index (κ2) is 5.98. The Morgan fingerprint density at radius 1 is 1.39 bits per heavy atom. The Hall–Kier alpha value is -1.39. The summed E-state index contributed by atoms with van der Waals surface area (Å²) < 4.78 is 0. The Morgan fingerprint density at radius 3 is 2.67 bits per heavy atom. The van der Waals surface area contributed by atoms with E-state index in [1.165, 1.54) is 5.56 Å². The summed E-state index contributed by atoms with van der Waals surface area (Å²) in [5, 5.41) is 12.2. The molecule has 2 N–H and O–H groups in total. The minimum Gasteiger partial charge on any atom is -0.481 e. The number of hydrogen-bond acceptors (Lipinski definition) is 3. The van der Waals surface area contributed by atoms with E-state index in [2.05, 4.69) is 17.3 Å². The third kappa shape index (κ3) is 3.82. The molecule has 0 spiro atoms. The fourth-order valence-electron chi connectivity index (χ4n) is 2.38. The van der Waals surface area contributed by atoms with E-state index in [1.807, 2.05) is 24.3 Å². The van der Waals surface area contributed by atoms with E-state index in [-0.39, 0.29) is 6.42 Å². The van der Waals surface area contributed by atoms with Gasteiger partial charge in [-0.15, -0.1) is 0 Å². The van der Waals surface area contributed by atoms with E-state index >= 15 is 0 Å². The summed E-state index contributed by atoms with van der Waals surface area (Å²) in [6.45, 7) is 3.21. The molecule has 0 radical (unpaired) electrons. The second-order valence-corrected chi connectivity index (χ2v) is 5.00. The van der Waals surface area contributed by atoms with Gasteiger partial charge in [0, 0.05) is 25.7 Å². The molecule has 1 heterocycles. The molecular formula is C14H20N2O2. The first-order chi connectivity index (χ1) is 8.63. The number of carbonyl (C=O) groups is 1. The van der Waals surface area contributed by atoms with Gasteiger partial charge in [-0.05, 0) is 24.6 Å². The number of nitrogens with one attached hydrogen (secondary N) is 1. The number of benzene rings is 1. The zero-order valence-electron chi connectivity index (χ0n) is 10.7. The Labute approximate surface area is 108 Å². The molecule has 4 heteroatoms. The summed E-state index contributed by atoms with van der Waals surface area (Å²) in [5.74, 6) is -0.779. The highest BCUT2D eigenvalue weighted by molar-refractivity contribution is 5.70. The summed E-state index contributed by atoms with van der Waals surface area (Å²) in [4.78, 5) is 12.9. The van der Waals surface area contributed by atoms with Crippen molar-refractivity contribution < 1.29 is 9.90 Å². The Morgan fingerprint density at radius 2 is 2.06 bits per heavy atom. The van der Waals surface area contributed by atoms with Crippen molar-refractivity contribution in [1.29, 1.82) is 0 Å². The van der Waals surface area contributed by atoms with Gasteiger partial charge in [0.2, 0.25) is 0 Å². The zero-order valence-corrected chi connectivity index (χ0v) is 10.7. The van der Waals surface area contributed by atoms with Crippen LogP contribution in [0.4, 0.5) is 0 Å². The molecule has 1 aromatic carbocycles. The average molecular weight is 248 g/mol. The van der Waals surface area contributed by atoms with Crippen LogP contribution in [0.25, 0.3) is 0 Å². The fourth-order valence-corrected chi connectivity index (χ4v) is 2.38. The molecule has 1 aliphatic heterocycles. The van der Waals surface area contributed by atoms with E-state index in [1.54, 1.807) is 0 Å². The first-order valence-corrected chi connectivity index (χ1v) is 6.35. The van der Waals surface area contributed by atoms with Crippen LogP contribution in [-0.2, 0) is 17.6 Å². The van der Waals surface area contributed by atoms with Crippen molar-refractivity contribution in [3.63, 3.8) is 0 Å². The topological polar surface area (TPSA) is 52.6 Å². The largest absolute Gasteiger partial charge is 0.481 e. The van der Waals surface area contributed by atoms with Gasteiger partial charge >= 0.3 is 5.97 Å². The van der Waals surface area contributed by atoms with Crippen LogP contribution >= 0.6 is 0 Å². The summed E-state index contributed by atoms with van der Waals surface area (Å²) in [7, 11) is 2.14. The quantitative estimate of drug-likeness (QED) is 0.826. The molecule has 0 bridgehead atoms. The third-order valence-corrected chi connectivity index (χ3v) is 3.32. The highest BCUT2D eigenvalue weighted by Gasteiger charge is 2.16. The molecule has 1 aromatic rings. The number of rotatable bonds is 4. The number of hydrogen-bond donors (Lipinski definition) is 2. The van der Waals surface area contributed by atoms with Gasteiger partial charge in [0.15, 0.2) is 0 Å². The van der Waals surface area contributed by atoms with E-state index in [9.17, 15) is 4.79 Å². The van der Waals surface area contributed by atoms with Crippen LogP contribution in [0.5, 0.6) is 0 Å². The number of nitrogens with zero attached hydrogens (tertiary/aromatic N) is 1. The van der Waals surface area contributed by atoms with Crippen LogP contribution in [0.3, 0.4) is 0 Å². The summed E-state index contributed by atoms with van der Waals surface area (Å²) in [5.41, 5.74) is 2.12. The van der Waals surface area contributed by atoms with Crippen molar-refractivity contribution in [1.82, 2.24) is 10.2 Å². The molecule has 1 unspecified atom stereocenters. The molecule has 0 saturated carbocycles. The highest BCUT2D eigenvalue weighted by Crippen LogP contribution is 2.09. The normalized spacial score (nSPS) is 20.8. The van der Waals surface area contributed by atoms with Gasteiger partial charge in [-0.25, -0.2) is 0 Å². The van der Waals surface area contributed by atoms with Gasteiger partial charge < -0.3 is 15.3 Å². The van der Waals surface area contributed by atoms with Gasteiger partial charge in [0.25, 0.3) is 0 Å². The van der Waals surface area contributed by atoms with E-state index < -0.39 is 5.97 Å². The SMILES string of the molecule is CN1CCNC(Cc2ccc(CC(=O)O)cc2)C1. The zero-order chi connectivity index (χ0) is 13.0. The van der Waals surface area contributed by atoms with Gasteiger partial charge in [0.05, 0.1) is 6.42 Å². The van der Waals surface area contributed by atoms with Crippen molar-refractivity contribution in [2.75, 3.05) is 26.7 Å². The lowest BCUT2D eigenvalue weighted by Gasteiger charge is -2.31. The second-order valence-electron chi connectivity index (χ2n) is 5.00. The molecule has 1 saturated heterocycles. The maximum atomic E-state index is 10.6. The maximum Gasteiger partial charge on any atom is 0.307 e. The number of carboxylic acid groups (broad SMARTS) is 1. The molecule has 18 heavy (non-hydrogen) atoms. The van der Waals surface area contributed by atoms with Gasteiger partial charge in [-0.1, -0.05) is 24.3 Å². The van der Waals surface area contributed by atoms with Crippen LogP contribution in [0.2, 0.25) is 0 Å². The molecule has 0 aliphatic carbocycles. The van der Waals surface area contributed by atoms with Crippen molar-refractivity contribution in [2.45, 2.75) is 18.9 Å². The molecule has 0 aromatic heterocycles. The predicted octanol–water partition coefficient (Wildman–Crippen LogP) is 0.760. The van der Waals surface area contributed by atoms with E-state index in [0.29, 0.717) is 6.04 Å². The van der Waals surface area contributed by atoms with Gasteiger partial charge in [-0.2, -0.15) is 0 Å². The molecule has 1 fully saturated rings. The fraction of sp³-hybridized carbons (Fsp3) is 0.500. The molecule has 1 aliphatic rings. The number of likely N-dealkylation sites (N-methyl/N-ethyl adjacent to an activating group) is 1. The first-order valence-electron chi connectivity index (χ1n) is 6.35. The first kappa shape index (κ1) is 13.1. The number of carboxylic acids is 1. The van der Waals surface area contributed by atoms with Crippen molar-refractivity contribution in [3.05, 3.63) is 35.4 Å². The minimum atomic E-state index is -0.779. The van der Waals surface area contributed by atoms with Crippen LogP contribution < -0.4 is 5.32 Å². The average Bonchev–Trinajstić information content (AvgIpc) is 2.31. The van der Waals surface area contributed by atoms with Crippen LogP contribution in [0.15, 0.2) is 24.3 Å². The third-order valence-electron chi connectivity index (χ3n) is 3.32. The lowest BCUT2D eigenvalue weighted by Crippen LogP contribution is -2.49. The molecule has 98 valence electrons. The summed E-state index contributed by atoms with van der Waals surface area (Å²) >= 11 is 0. The maximum absolute atomic E-state index is 10.6. The van der Waals surface area contributed by atoms with Crippen LogP contribution in [0.1, 0.15) is 11.1 Å². The smallest absolute Gasteiger partial charge is 0.307 e. The molecular weight excluding hydrogens is 228 g/mol. The lowest BCUT2D eigenvalue weighted by molar-refractivity contribution is -0.136. The molecule has 0 amide bonds. The summed E-state index contributed by atoms with van der Waals surface area (Å²) in [6.07, 6.45) is 1.10. The standard InChI is InChI=1S/C14H20N2O2/c1-16-7-6-15-13(10-16)8-11-2-4-12(5-3-11)9-14(17)18/h2-5,13,15H,6-10H2,1H3,(H,17,18). The molecule has 2 rings (SSSR count). The van der Waals surface area contributed by atoms with Gasteiger partial charge in [-0.3, -0.25) is 4.79 Å². The summed E-state index contributed by atoms with van der Waals surface area (Å²) in [6, 6.07) is 8.39. The predicted molar refractivity (Wildman–Crippen MR) is 70.8 cm³/mol. The Balaban J connectivity index is 1.91. The van der Waals surface area contributed by atoms with E-state index in [0.717, 1.165) is 31.6 Å². The molecule has 1 atom stereocenters. The Kier molecular flexibility index (Phi) is 4.33. The molecule has 4 nitrogen and oxygen atoms in total. The van der Waals surface area contributed by atoms with Crippen molar-refractivity contribution >= 4 is 5.97 Å². The van der Waals surface area contributed by atoms with Crippen molar-refractivity contribution in [2.24, 2.45) is 0 Å². The van der Waals surface area contributed by atoms with Crippen LogP contribution in [-0.4, -0.2) is 48.7 Å². The lowest BCUT2D eigenvalue weighted by atomic mass is 10.0. The van der Waals surface area contributed by atoms with Crippen molar-refractivity contribution in [3.8, 4) is 0 Å². The monoisotopic (exact) mass is 248 g/mol. The number of piperazine rings is 1. The van der Waals surface area contributed by atoms with Gasteiger partial charge in [0.1, 0.15) is 0 Å². The Bertz CT molecular complexity index is 403. The minimum absolute atomic E-state index is 0.102. The van der Waals surface area contributed by atoms with E-state index in [4.69, 9.17) is 5.11 Å². The number of aliphatic carboxylic acids is 1. The highest BCUT2D eigenvalue weighted by atomic mass is 16.4.